The van der Waals surface area contributed by atoms with Crippen molar-refractivity contribution in [2.45, 2.75) is 20.3 Å². The van der Waals surface area contributed by atoms with Crippen molar-refractivity contribution in [2.75, 3.05) is 4.90 Å². The van der Waals surface area contributed by atoms with Gasteiger partial charge >= 0.3 is 11.9 Å². The van der Waals surface area contributed by atoms with Gasteiger partial charge in [-0.25, -0.2) is 14.2 Å². The molecule has 1 aromatic heterocycles. The predicted molar refractivity (Wildman–Crippen MR) is 79.6 cm³/mol. The molecular weight excluding hydrogens is 302 g/mol. The Morgan fingerprint density at radius 2 is 1.70 bits per heavy atom. The molecule has 0 saturated carbocycles. The number of benzene rings is 1. The van der Waals surface area contributed by atoms with Gasteiger partial charge in [-0.3, -0.25) is 0 Å². The molecule has 0 bridgehead atoms. The van der Waals surface area contributed by atoms with Crippen LogP contribution in [0.15, 0.2) is 45.4 Å². The Kier molecular flexibility index (Phi) is 3.36. The van der Waals surface area contributed by atoms with Gasteiger partial charge in [0, 0.05) is 17.8 Å². The smallest absolute Gasteiger partial charge is 0.333 e. The number of aromatic nitrogens is 2. The second kappa shape index (κ2) is 5.24. The lowest BCUT2D eigenvalue weighted by molar-refractivity contribution is -0.133. The number of carbonyl (C=O) groups is 2. The molecule has 2 N–H and O–H groups in total. The summed E-state index contributed by atoms with van der Waals surface area (Å²) in [5, 5.41) is 26.4. The van der Waals surface area contributed by atoms with E-state index in [9.17, 15) is 19.8 Å². The van der Waals surface area contributed by atoms with E-state index in [4.69, 9.17) is 4.63 Å². The summed E-state index contributed by atoms with van der Waals surface area (Å²) in [7, 11) is 0. The molecule has 0 unspecified atom stereocenters. The van der Waals surface area contributed by atoms with Gasteiger partial charge in [0.1, 0.15) is 5.52 Å². The van der Waals surface area contributed by atoms with Crippen LogP contribution in [-0.2, 0) is 9.59 Å². The van der Waals surface area contributed by atoms with Crippen LogP contribution in [0.1, 0.15) is 20.3 Å². The van der Waals surface area contributed by atoms with E-state index in [0.717, 1.165) is 0 Å². The molecule has 1 aliphatic heterocycles. The third kappa shape index (κ3) is 2.24. The summed E-state index contributed by atoms with van der Waals surface area (Å²) in [6.07, 6.45) is -0.133. The molecule has 8 nitrogen and oxygen atoms in total. The van der Waals surface area contributed by atoms with Crippen LogP contribution in [-0.4, -0.2) is 32.5 Å². The lowest BCUT2D eigenvalue weighted by atomic mass is 9.96. The van der Waals surface area contributed by atoms with Gasteiger partial charge in [0.05, 0.1) is 16.8 Å². The number of aliphatic carboxylic acids is 2. The molecular formula is C15H13N3O5. The predicted octanol–water partition coefficient (Wildman–Crippen LogP) is 2.15. The normalized spacial score (nSPS) is 15.5. The number of rotatable bonds is 3. The Morgan fingerprint density at radius 3 is 2.26 bits per heavy atom. The highest BCUT2D eigenvalue weighted by molar-refractivity contribution is 5.99. The van der Waals surface area contributed by atoms with Crippen molar-refractivity contribution in [3.05, 3.63) is 40.7 Å². The number of anilines is 1. The van der Waals surface area contributed by atoms with Crippen molar-refractivity contribution in [2.24, 2.45) is 0 Å². The summed E-state index contributed by atoms with van der Waals surface area (Å²) in [6.45, 7) is 3.27. The number of hydrogen-bond donors (Lipinski definition) is 2. The van der Waals surface area contributed by atoms with Crippen LogP contribution in [0, 0.1) is 0 Å². The Balaban J connectivity index is 2.28. The molecule has 0 radical (unpaired) electrons. The van der Waals surface area contributed by atoms with E-state index in [2.05, 4.69) is 10.3 Å². The largest absolute Gasteiger partial charge is 0.478 e. The van der Waals surface area contributed by atoms with Crippen molar-refractivity contribution in [3.8, 4) is 0 Å². The molecule has 0 amide bonds. The molecule has 2 heterocycles. The van der Waals surface area contributed by atoms with Crippen LogP contribution in [0.2, 0.25) is 0 Å². The monoisotopic (exact) mass is 315 g/mol. The lowest BCUT2D eigenvalue weighted by Crippen LogP contribution is -2.30. The van der Waals surface area contributed by atoms with Crippen LogP contribution in [0.4, 0.5) is 5.69 Å². The summed E-state index contributed by atoms with van der Waals surface area (Å²) in [4.78, 5) is 24.5. The van der Waals surface area contributed by atoms with E-state index in [1.54, 1.807) is 36.9 Å². The number of hydrogen-bond acceptors (Lipinski definition) is 6. The highest BCUT2D eigenvalue weighted by atomic mass is 16.6. The Bertz CT molecular complexity index is 857. The maximum absolute atomic E-state index is 11.5. The minimum absolute atomic E-state index is 0.0291. The van der Waals surface area contributed by atoms with E-state index < -0.39 is 11.9 Å². The first-order chi connectivity index (χ1) is 10.9. The fraction of sp³-hybridized carbons (Fsp3) is 0.200. The highest BCUT2D eigenvalue weighted by Gasteiger charge is 2.31. The Labute approximate surface area is 130 Å². The van der Waals surface area contributed by atoms with Gasteiger partial charge in [-0.15, -0.1) is 0 Å². The summed E-state index contributed by atoms with van der Waals surface area (Å²) in [5.74, 6) is -2.30. The molecule has 3 rings (SSSR count). The zero-order valence-corrected chi connectivity index (χ0v) is 12.4. The van der Waals surface area contributed by atoms with Crippen molar-refractivity contribution in [1.29, 1.82) is 0 Å². The molecule has 118 valence electrons. The summed E-state index contributed by atoms with van der Waals surface area (Å²) >= 11 is 0. The highest BCUT2D eigenvalue weighted by Crippen LogP contribution is 2.37. The first-order valence-corrected chi connectivity index (χ1v) is 6.79. The number of carboxylic acids is 2. The topological polar surface area (TPSA) is 117 Å². The standard InChI is InChI=1S/C15H13N3O5/c1-7-9(14(19)20)6-10(15(21)22)8(2)18(7)12-5-3-4-11-13(12)17-23-16-11/h3-5H,6H2,1-2H3,(H,19,20)(H,21,22). The lowest BCUT2D eigenvalue weighted by Gasteiger charge is -2.32. The van der Waals surface area contributed by atoms with Gasteiger partial charge in [-0.2, -0.15) is 0 Å². The van der Waals surface area contributed by atoms with Crippen molar-refractivity contribution in [3.63, 3.8) is 0 Å². The quantitative estimate of drug-likeness (QED) is 0.884. The van der Waals surface area contributed by atoms with Gasteiger partial charge in [-0.05, 0) is 36.3 Å². The van der Waals surface area contributed by atoms with Crippen LogP contribution < -0.4 is 4.90 Å². The van der Waals surface area contributed by atoms with Gasteiger partial charge < -0.3 is 15.1 Å². The molecule has 0 spiro atoms. The van der Waals surface area contributed by atoms with Gasteiger partial charge in [0.25, 0.3) is 0 Å². The molecule has 1 aliphatic rings. The summed E-state index contributed by atoms with van der Waals surface area (Å²) < 4.78 is 4.72. The first kappa shape index (κ1) is 14.8. The third-order valence-electron chi connectivity index (χ3n) is 3.92. The van der Waals surface area contributed by atoms with E-state index in [-0.39, 0.29) is 17.6 Å². The molecule has 23 heavy (non-hydrogen) atoms. The van der Waals surface area contributed by atoms with E-state index >= 15 is 0 Å². The van der Waals surface area contributed by atoms with E-state index in [1.807, 2.05) is 0 Å². The number of nitrogens with zero attached hydrogens (tertiary/aromatic N) is 3. The summed E-state index contributed by atoms with van der Waals surface area (Å²) in [5.41, 5.74) is 2.40. The molecule has 0 atom stereocenters. The van der Waals surface area contributed by atoms with Crippen LogP contribution in [0.25, 0.3) is 11.0 Å². The number of allylic oxidation sites excluding steroid dienone is 2. The fourth-order valence-corrected chi connectivity index (χ4v) is 2.75. The third-order valence-corrected chi connectivity index (χ3v) is 3.92. The van der Waals surface area contributed by atoms with E-state index in [1.165, 1.54) is 0 Å². The summed E-state index contributed by atoms with van der Waals surface area (Å²) in [6, 6.07) is 5.13. The minimum Gasteiger partial charge on any atom is -0.478 e. The average Bonchev–Trinajstić information content (AvgIpc) is 2.95. The maximum Gasteiger partial charge on any atom is 0.333 e. The zero-order valence-electron chi connectivity index (χ0n) is 12.4. The van der Waals surface area contributed by atoms with Gasteiger partial charge in [0.2, 0.25) is 0 Å². The maximum atomic E-state index is 11.5. The van der Waals surface area contributed by atoms with Gasteiger partial charge in [-0.1, -0.05) is 6.07 Å². The molecule has 0 aliphatic carbocycles. The molecule has 1 aromatic carbocycles. The molecule has 2 aromatic rings. The SMILES string of the molecule is CC1=C(C(=O)O)CC(C(=O)O)=C(C)N1c1cccc2nonc12. The average molecular weight is 315 g/mol. The second-order valence-corrected chi connectivity index (χ2v) is 5.16. The Hall–Kier alpha value is -3.16. The van der Waals surface area contributed by atoms with Gasteiger partial charge in [0.15, 0.2) is 5.52 Å². The van der Waals surface area contributed by atoms with Crippen LogP contribution in [0.5, 0.6) is 0 Å². The number of carboxylic acid groups (broad SMARTS) is 2. The van der Waals surface area contributed by atoms with Crippen LogP contribution >= 0.6 is 0 Å². The second-order valence-electron chi connectivity index (χ2n) is 5.16. The molecule has 0 saturated heterocycles. The number of fused-ring (bicyclic) bond motifs is 1. The molecule has 0 fully saturated rings. The molecule has 8 heteroatoms. The fourth-order valence-electron chi connectivity index (χ4n) is 2.75. The zero-order chi connectivity index (χ0) is 16.7. The van der Waals surface area contributed by atoms with Crippen molar-refractivity contribution < 1.29 is 24.4 Å². The minimum atomic E-state index is -1.15. The van der Waals surface area contributed by atoms with Crippen molar-refractivity contribution >= 4 is 28.7 Å². The van der Waals surface area contributed by atoms with Crippen LogP contribution in [0.3, 0.4) is 0 Å². The first-order valence-electron chi connectivity index (χ1n) is 6.79. The Morgan fingerprint density at radius 1 is 1.09 bits per heavy atom. The van der Waals surface area contributed by atoms with E-state index in [0.29, 0.717) is 28.1 Å². The van der Waals surface area contributed by atoms with Crippen molar-refractivity contribution in [1.82, 2.24) is 10.3 Å².